The van der Waals surface area contributed by atoms with Crippen LogP contribution in [0.3, 0.4) is 0 Å². The summed E-state index contributed by atoms with van der Waals surface area (Å²) in [6.07, 6.45) is 5.14. The molecule has 3 aromatic rings. The van der Waals surface area contributed by atoms with E-state index in [1.54, 1.807) is 4.31 Å². The Morgan fingerprint density at radius 1 is 0.758 bits per heavy atom. The Morgan fingerprint density at radius 3 is 2.00 bits per heavy atom. The van der Waals surface area contributed by atoms with E-state index in [0.717, 1.165) is 50.0 Å². The van der Waals surface area contributed by atoms with Gasteiger partial charge in [0.2, 0.25) is 0 Å². The molecule has 0 amide bonds. The monoisotopic (exact) mass is 457 g/mol. The van der Waals surface area contributed by atoms with E-state index in [1.807, 2.05) is 24.3 Å². The van der Waals surface area contributed by atoms with E-state index in [1.165, 1.54) is 28.5 Å². The molecule has 3 aliphatic rings. The van der Waals surface area contributed by atoms with Crippen LogP contribution in [0.2, 0.25) is 0 Å². The lowest BCUT2D eigenvalue weighted by molar-refractivity contribution is 0.175. The molecule has 0 aromatic heterocycles. The van der Waals surface area contributed by atoms with Gasteiger partial charge < -0.3 is 0 Å². The average molecular weight is 458 g/mol. The highest BCUT2D eigenvalue weighted by atomic mass is 32.2. The molecule has 2 aliphatic heterocycles. The van der Waals surface area contributed by atoms with Gasteiger partial charge in [-0.1, -0.05) is 66.7 Å². The number of piperidine rings is 1. The maximum Gasteiger partial charge on any atom is 0.344 e. The number of rotatable bonds is 2. The third-order valence-corrected chi connectivity index (χ3v) is 8.67. The molecule has 0 saturated carbocycles. The number of likely N-dealkylation sites (tertiary alicyclic amines) is 1. The third kappa shape index (κ3) is 3.58. The molecule has 1 fully saturated rings. The van der Waals surface area contributed by atoms with Gasteiger partial charge in [-0.15, -0.1) is 0 Å². The lowest BCUT2D eigenvalue weighted by Crippen LogP contribution is -2.49. The van der Waals surface area contributed by atoms with E-state index in [-0.39, 0.29) is 12.1 Å². The number of hydrogen-bond acceptors (Lipinski definition) is 3. The second-order valence-electron chi connectivity index (χ2n) is 9.13. The fourth-order valence-electron chi connectivity index (χ4n) is 5.75. The predicted octanol–water partition coefficient (Wildman–Crippen LogP) is 4.52. The zero-order chi connectivity index (χ0) is 22.4. The van der Waals surface area contributed by atoms with E-state index in [0.29, 0.717) is 0 Å². The maximum absolute atomic E-state index is 12.9. The smallest absolute Gasteiger partial charge is 0.292 e. The van der Waals surface area contributed by atoms with Gasteiger partial charge in [0.25, 0.3) is 0 Å². The summed E-state index contributed by atoms with van der Waals surface area (Å²) in [5.74, 6) is 0. The molecule has 5 nitrogen and oxygen atoms in total. The Labute approximate surface area is 195 Å². The summed E-state index contributed by atoms with van der Waals surface area (Å²) in [6.45, 7) is 1.69. The molecule has 0 N–H and O–H groups in total. The topological polar surface area (TPSA) is 53.0 Å². The van der Waals surface area contributed by atoms with Crippen molar-refractivity contribution in [3.8, 4) is 0 Å². The second-order valence-corrected chi connectivity index (χ2v) is 10.6. The summed E-state index contributed by atoms with van der Waals surface area (Å²) >= 11 is 0. The van der Waals surface area contributed by atoms with Gasteiger partial charge in [-0.3, -0.25) is 4.90 Å². The summed E-state index contributed by atoms with van der Waals surface area (Å²) in [5.41, 5.74) is 7.23. The van der Waals surface area contributed by atoms with Crippen molar-refractivity contribution in [3.05, 3.63) is 101 Å². The van der Waals surface area contributed by atoms with Crippen LogP contribution in [0.25, 0.3) is 0 Å². The molecule has 6 heteroatoms. The highest BCUT2D eigenvalue weighted by Crippen LogP contribution is 2.39. The molecule has 3 aromatic carbocycles. The van der Waals surface area contributed by atoms with Crippen LogP contribution in [0.1, 0.15) is 46.7 Å². The summed E-state index contributed by atoms with van der Waals surface area (Å²) in [6, 6.07) is 25.4. The minimum Gasteiger partial charge on any atom is -0.292 e. The lowest BCUT2D eigenvalue weighted by atomic mass is 9.91. The fraction of sp³-hybridized carbons (Fsp3) is 0.296. The van der Waals surface area contributed by atoms with Gasteiger partial charge in [0.05, 0.1) is 17.9 Å². The minimum atomic E-state index is -3.70. The normalized spacial score (nSPS) is 20.5. The van der Waals surface area contributed by atoms with Crippen molar-refractivity contribution in [1.29, 1.82) is 0 Å². The van der Waals surface area contributed by atoms with Gasteiger partial charge in [0.1, 0.15) is 0 Å². The Morgan fingerprint density at radius 2 is 1.33 bits per heavy atom. The first-order valence-corrected chi connectivity index (χ1v) is 13.1. The van der Waals surface area contributed by atoms with Crippen LogP contribution in [-0.2, 0) is 23.1 Å². The van der Waals surface area contributed by atoms with E-state index in [2.05, 4.69) is 57.8 Å². The molecule has 33 heavy (non-hydrogen) atoms. The number of anilines is 1. The molecule has 168 valence electrons. The van der Waals surface area contributed by atoms with E-state index < -0.39 is 10.2 Å². The van der Waals surface area contributed by atoms with Crippen molar-refractivity contribution in [3.63, 3.8) is 0 Å². The van der Waals surface area contributed by atoms with Crippen LogP contribution in [0.15, 0.2) is 77.2 Å². The number of hydrogen-bond donors (Lipinski definition) is 0. The summed E-state index contributed by atoms with van der Waals surface area (Å²) in [7, 11) is -3.70. The molecular weight excluding hydrogens is 430 g/mol. The van der Waals surface area contributed by atoms with Crippen molar-refractivity contribution >= 4 is 22.1 Å². The highest BCUT2D eigenvalue weighted by Gasteiger charge is 2.38. The largest absolute Gasteiger partial charge is 0.344 e. The fourth-order valence-corrected chi connectivity index (χ4v) is 7.10. The van der Waals surface area contributed by atoms with Gasteiger partial charge >= 0.3 is 10.2 Å². The van der Waals surface area contributed by atoms with Crippen molar-refractivity contribution in [1.82, 2.24) is 4.90 Å². The van der Waals surface area contributed by atoms with Crippen LogP contribution >= 0.6 is 0 Å². The minimum absolute atomic E-state index is 0.0823. The van der Waals surface area contributed by atoms with Crippen molar-refractivity contribution in [2.24, 2.45) is 4.40 Å². The first-order chi connectivity index (χ1) is 16.1. The zero-order valence-corrected chi connectivity index (χ0v) is 19.3. The van der Waals surface area contributed by atoms with E-state index >= 15 is 0 Å². The van der Waals surface area contributed by atoms with Crippen LogP contribution < -0.4 is 4.31 Å². The molecule has 2 heterocycles. The van der Waals surface area contributed by atoms with E-state index in [9.17, 15) is 8.42 Å². The van der Waals surface area contributed by atoms with E-state index in [4.69, 9.17) is 0 Å². The summed E-state index contributed by atoms with van der Waals surface area (Å²) in [4.78, 5) is 2.55. The van der Waals surface area contributed by atoms with Gasteiger partial charge in [0.15, 0.2) is 0 Å². The van der Waals surface area contributed by atoms with Crippen LogP contribution in [0.5, 0.6) is 0 Å². The Balaban J connectivity index is 1.32. The van der Waals surface area contributed by atoms with Gasteiger partial charge in [-0.05, 0) is 54.0 Å². The molecule has 1 saturated heterocycles. The predicted molar refractivity (Wildman–Crippen MR) is 132 cm³/mol. The molecule has 0 spiro atoms. The van der Waals surface area contributed by atoms with Gasteiger partial charge in [-0.2, -0.15) is 12.8 Å². The van der Waals surface area contributed by atoms with Crippen LogP contribution in [0, 0.1) is 0 Å². The molecule has 0 unspecified atom stereocenters. The maximum atomic E-state index is 12.9. The number of para-hydroxylation sites is 1. The highest BCUT2D eigenvalue weighted by molar-refractivity contribution is 7.91. The Hall–Kier alpha value is -2.96. The number of nitrogens with zero attached hydrogens (tertiary/aromatic N) is 3. The molecular formula is C27H27N3O2S. The Kier molecular flexibility index (Phi) is 5.07. The second kappa shape index (κ2) is 8.12. The number of benzene rings is 3. The molecule has 0 atom stereocenters. The third-order valence-electron chi connectivity index (χ3n) is 7.31. The van der Waals surface area contributed by atoms with Crippen molar-refractivity contribution < 1.29 is 8.42 Å². The first-order valence-electron chi connectivity index (χ1n) is 11.7. The van der Waals surface area contributed by atoms with Gasteiger partial charge in [0, 0.05) is 24.7 Å². The summed E-state index contributed by atoms with van der Waals surface area (Å²) < 4.78 is 31.3. The average Bonchev–Trinajstić information content (AvgIpc) is 3.01. The van der Waals surface area contributed by atoms with Crippen molar-refractivity contribution in [2.45, 2.75) is 37.8 Å². The van der Waals surface area contributed by atoms with Gasteiger partial charge in [-0.25, -0.2) is 4.31 Å². The SMILES string of the molecule is O=S1(=O)N=Cc2ccccc2N1C1CCN(C2c3ccccc3CCc3ccccc32)CC1. The standard InChI is InChI=1S/C27H27N3O2S/c31-33(32)28-19-22-9-3-6-12-26(22)30(33)23-15-17-29(18-16-23)27-24-10-4-1-7-20(24)13-14-21-8-2-5-11-25(21)27/h1-12,19,23,27H,13-18H2. The Bertz CT molecular complexity index is 1280. The summed E-state index contributed by atoms with van der Waals surface area (Å²) in [5, 5.41) is 0. The first kappa shape index (κ1) is 20.6. The molecule has 0 radical (unpaired) electrons. The molecule has 0 bridgehead atoms. The number of aryl methyl sites for hydroxylation is 2. The number of fused-ring (bicyclic) bond motifs is 3. The van der Waals surface area contributed by atoms with Crippen LogP contribution in [0.4, 0.5) is 5.69 Å². The molecule has 1 aliphatic carbocycles. The lowest BCUT2D eigenvalue weighted by Gasteiger charge is -2.42. The quantitative estimate of drug-likeness (QED) is 0.568. The zero-order valence-electron chi connectivity index (χ0n) is 18.5. The van der Waals surface area contributed by atoms with Crippen LogP contribution in [-0.4, -0.2) is 38.7 Å². The van der Waals surface area contributed by atoms with Crippen molar-refractivity contribution in [2.75, 3.05) is 17.4 Å². The molecule has 6 rings (SSSR count).